The van der Waals surface area contributed by atoms with Crippen molar-refractivity contribution in [2.24, 2.45) is 0 Å². The van der Waals surface area contributed by atoms with Gasteiger partial charge in [-0.25, -0.2) is 9.97 Å². The van der Waals surface area contributed by atoms with Crippen LogP contribution in [0.5, 0.6) is 0 Å². The highest BCUT2D eigenvalue weighted by Gasteiger charge is 2.32. The summed E-state index contributed by atoms with van der Waals surface area (Å²) < 4.78 is 5.73. The average Bonchev–Trinajstić information content (AvgIpc) is 2.72. The monoisotopic (exact) mass is 422 g/mol. The van der Waals surface area contributed by atoms with Crippen LogP contribution < -0.4 is 10.6 Å². The van der Waals surface area contributed by atoms with E-state index in [1.807, 2.05) is 6.07 Å². The molecule has 3 rings (SSSR count). The smallest absolute Gasteiger partial charge is 0.252 e. The van der Waals surface area contributed by atoms with E-state index < -0.39 is 0 Å². The summed E-state index contributed by atoms with van der Waals surface area (Å²) >= 11 is 12.1. The summed E-state index contributed by atoms with van der Waals surface area (Å²) in [7, 11) is 1.72. The molecule has 1 aliphatic carbocycles. The van der Waals surface area contributed by atoms with Crippen molar-refractivity contribution in [1.29, 1.82) is 0 Å². The summed E-state index contributed by atoms with van der Waals surface area (Å²) in [5.41, 5.74) is 1.67. The number of nitrogens with zero attached hydrogens (tertiary/aromatic N) is 2. The van der Waals surface area contributed by atoms with E-state index in [1.165, 1.54) is 6.42 Å². The number of aromatic nitrogens is 2. The Hall–Kier alpha value is -1.89. The van der Waals surface area contributed by atoms with E-state index in [-0.39, 0.29) is 16.8 Å². The standard InChI is InChI=1S/C20H24Cl2N4O2/c1-28-20(8-3-2-4-9-20)13-25-18(27)16-11-14(5-6-17(16)21)24-12-15-7-10-23-19(22)26-15/h5-7,10-11,24H,2-4,8-9,12-13H2,1H3,(H,25,27). The number of carbonyl (C=O) groups excluding carboxylic acids is 1. The van der Waals surface area contributed by atoms with Crippen molar-refractivity contribution in [3.63, 3.8) is 0 Å². The van der Waals surface area contributed by atoms with Crippen LogP contribution in [0.2, 0.25) is 10.3 Å². The Labute approximate surface area is 175 Å². The first-order chi connectivity index (χ1) is 13.5. The number of anilines is 1. The zero-order valence-electron chi connectivity index (χ0n) is 15.8. The lowest BCUT2D eigenvalue weighted by molar-refractivity contribution is -0.0363. The lowest BCUT2D eigenvalue weighted by Gasteiger charge is -2.36. The molecule has 1 heterocycles. The molecule has 0 spiro atoms. The van der Waals surface area contributed by atoms with Crippen molar-refractivity contribution < 1.29 is 9.53 Å². The molecule has 6 nitrogen and oxygen atoms in total. The van der Waals surface area contributed by atoms with Crippen LogP contribution >= 0.6 is 23.2 Å². The minimum atomic E-state index is -0.275. The zero-order chi connectivity index (χ0) is 20.0. The number of rotatable bonds is 7. The van der Waals surface area contributed by atoms with Crippen LogP contribution in [0.15, 0.2) is 30.5 Å². The largest absolute Gasteiger partial charge is 0.379 e. The Kier molecular flexibility index (Phi) is 7.10. The van der Waals surface area contributed by atoms with Crippen molar-refractivity contribution in [1.82, 2.24) is 15.3 Å². The molecule has 1 saturated carbocycles. The second-order valence-electron chi connectivity index (χ2n) is 7.00. The van der Waals surface area contributed by atoms with Crippen LogP contribution in [0.3, 0.4) is 0 Å². The molecule has 2 aromatic rings. The molecule has 1 aromatic heterocycles. The number of ether oxygens (including phenoxy) is 1. The SMILES string of the molecule is COC1(CNC(=O)c2cc(NCc3ccnc(Cl)n3)ccc2Cl)CCCCC1. The minimum Gasteiger partial charge on any atom is -0.379 e. The zero-order valence-corrected chi connectivity index (χ0v) is 17.3. The molecule has 1 aromatic carbocycles. The van der Waals surface area contributed by atoms with E-state index in [0.717, 1.165) is 37.1 Å². The number of methoxy groups -OCH3 is 1. The van der Waals surface area contributed by atoms with Gasteiger partial charge in [-0.3, -0.25) is 4.79 Å². The van der Waals surface area contributed by atoms with Gasteiger partial charge in [0.05, 0.1) is 28.4 Å². The van der Waals surface area contributed by atoms with Crippen LogP contribution in [-0.2, 0) is 11.3 Å². The number of hydrogen-bond acceptors (Lipinski definition) is 5. The third-order valence-corrected chi connectivity index (χ3v) is 5.65. The summed E-state index contributed by atoms with van der Waals surface area (Å²) in [5, 5.41) is 6.82. The van der Waals surface area contributed by atoms with Gasteiger partial charge in [0.15, 0.2) is 0 Å². The first-order valence-corrected chi connectivity index (χ1v) is 10.1. The highest BCUT2D eigenvalue weighted by Crippen LogP contribution is 2.30. The molecule has 1 aliphatic rings. The van der Waals surface area contributed by atoms with Gasteiger partial charge in [-0.15, -0.1) is 0 Å². The second kappa shape index (κ2) is 9.54. The molecule has 0 unspecified atom stereocenters. The maximum Gasteiger partial charge on any atom is 0.252 e. The Bertz CT molecular complexity index is 826. The van der Waals surface area contributed by atoms with Gasteiger partial charge >= 0.3 is 0 Å². The molecule has 0 bridgehead atoms. The average molecular weight is 423 g/mol. The van der Waals surface area contributed by atoms with Crippen molar-refractivity contribution in [3.8, 4) is 0 Å². The second-order valence-corrected chi connectivity index (χ2v) is 7.74. The lowest BCUT2D eigenvalue weighted by Crippen LogP contribution is -2.45. The van der Waals surface area contributed by atoms with Crippen molar-refractivity contribution >= 4 is 34.8 Å². The van der Waals surface area contributed by atoms with Gasteiger partial charge in [-0.2, -0.15) is 0 Å². The quantitative estimate of drug-likeness (QED) is 0.643. The van der Waals surface area contributed by atoms with Gasteiger partial charge in [0.1, 0.15) is 0 Å². The van der Waals surface area contributed by atoms with Gasteiger partial charge in [-0.1, -0.05) is 30.9 Å². The Balaban J connectivity index is 1.64. The summed E-state index contributed by atoms with van der Waals surface area (Å²) in [5.74, 6) is -0.208. The summed E-state index contributed by atoms with van der Waals surface area (Å²) in [4.78, 5) is 20.7. The summed E-state index contributed by atoms with van der Waals surface area (Å²) in [6, 6.07) is 7.04. The third kappa shape index (κ3) is 5.34. The number of carbonyl (C=O) groups is 1. The Morgan fingerprint density at radius 2 is 2.00 bits per heavy atom. The molecule has 150 valence electrons. The predicted molar refractivity (Wildman–Crippen MR) is 111 cm³/mol. The van der Waals surface area contributed by atoms with Crippen LogP contribution in [0.1, 0.15) is 48.2 Å². The van der Waals surface area contributed by atoms with Crippen molar-refractivity contribution in [3.05, 3.63) is 52.0 Å². The molecule has 1 amide bonds. The Morgan fingerprint density at radius 3 is 2.71 bits per heavy atom. The molecule has 0 atom stereocenters. The number of amides is 1. The van der Waals surface area contributed by atoms with E-state index in [2.05, 4.69) is 20.6 Å². The number of nitrogens with one attached hydrogen (secondary N) is 2. The van der Waals surface area contributed by atoms with Crippen molar-refractivity contribution in [2.45, 2.75) is 44.2 Å². The van der Waals surface area contributed by atoms with E-state index in [4.69, 9.17) is 27.9 Å². The maximum absolute atomic E-state index is 12.7. The minimum absolute atomic E-state index is 0.199. The summed E-state index contributed by atoms with van der Waals surface area (Å²) in [6.45, 7) is 0.938. The van der Waals surface area contributed by atoms with Gasteiger partial charge in [0.2, 0.25) is 5.28 Å². The van der Waals surface area contributed by atoms with Crippen LogP contribution in [-0.4, -0.2) is 35.1 Å². The van der Waals surface area contributed by atoms with Gasteiger partial charge in [-0.05, 0) is 48.7 Å². The fraction of sp³-hybridized carbons (Fsp3) is 0.450. The molecule has 8 heteroatoms. The fourth-order valence-corrected chi connectivity index (χ4v) is 3.82. The van der Waals surface area contributed by atoms with Gasteiger partial charge < -0.3 is 15.4 Å². The van der Waals surface area contributed by atoms with E-state index in [0.29, 0.717) is 23.7 Å². The van der Waals surface area contributed by atoms with E-state index in [9.17, 15) is 4.79 Å². The first-order valence-electron chi connectivity index (χ1n) is 9.35. The third-order valence-electron chi connectivity index (χ3n) is 5.14. The van der Waals surface area contributed by atoms with Crippen LogP contribution in [0.25, 0.3) is 0 Å². The molecular formula is C20H24Cl2N4O2. The maximum atomic E-state index is 12.7. The molecule has 0 radical (unpaired) electrons. The summed E-state index contributed by atoms with van der Waals surface area (Å²) in [6.07, 6.45) is 6.98. The molecule has 2 N–H and O–H groups in total. The fourth-order valence-electron chi connectivity index (χ4n) is 3.46. The molecular weight excluding hydrogens is 399 g/mol. The van der Waals surface area contributed by atoms with Crippen LogP contribution in [0.4, 0.5) is 5.69 Å². The predicted octanol–water partition coefficient (Wildman–Crippen LogP) is 4.47. The van der Waals surface area contributed by atoms with E-state index >= 15 is 0 Å². The Morgan fingerprint density at radius 1 is 1.21 bits per heavy atom. The van der Waals surface area contributed by atoms with Crippen LogP contribution in [0, 0.1) is 0 Å². The number of benzene rings is 1. The molecule has 28 heavy (non-hydrogen) atoms. The van der Waals surface area contributed by atoms with Gasteiger partial charge in [0.25, 0.3) is 5.91 Å². The lowest BCUT2D eigenvalue weighted by atomic mass is 9.84. The molecule has 1 fully saturated rings. The van der Waals surface area contributed by atoms with Gasteiger partial charge in [0, 0.05) is 25.5 Å². The highest BCUT2D eigenvalue weighted by molar-refractivity contribution is 6.34. The normalized spacial score (nSPS) is 15.8. The van der Waals surface area contributed by atoms with Crippen molar-refractivity contribution in [2.75, 3.05) is 19.0 Å². The highest BCUT2D eigenvalue weighted by atomic mass is 35.5. The number of hydrogen-bond donors (Lipinski definition) is 2. The topological polar surface area (TPSA) is 76.1 Å². The molecule has 0 saturated heterocycles. The molecule has 0 aliphatic heterocycles. The number of halogens is 2. The van der Waals surface area contributed by atoms with E-state index in [1.54, 1.807) is 31.5 Å². The first kappa shape index (κ1) is 20.8.